The Kier molecular flexibility index (Phi) is 6.37. The summed E-state index contributed by atoms with van der Waals surface area (Å²) in [4.78, 5) is 0. The molecule has 1 atom stereocenters. The second-order valence-electron chi connectivity index (χ2n) is 5.79. The van der Waals surface area contributed by atoms with E-state index >= 15 is 0 Å². The number of hydrogen-bond donors (Lipinski definition) is 1. The Balaban J connectivity index is 1.94. The van der Waals surface area contributed by atoms with Crippen LogP contribution in [0.4, 0.5) is 0 Å². The molecule has 0 amide bonds. The average Bonchev–Trinajstić information content (AvgIpc) is 2.40. The van der Waals surface area contributed by atoms with Gasteiger partial charge in [0.2, 0.25) is 0 Å². The molecule has 0 spiro atoms. The minimum absolute atomic E-state index is 0.325. The molecular formula is C17H26BrNO. The average molecular weight is 340 g/mol. The standard InChI is InChI=1S/C17H26BrNO/c1-3-10-19-13(2)16-12-15(18)7-8-17(16)20-11-9-14-5-4-6-14/h7-8,12-14,19H,3-6,9-11H2,1-2H3. The van der Waals surface area contributed by atoms with Crippen LogP contribution < -0.4 is 10.1 Å². The molecule has 1 aromatic carbocycles. The van der Waals surface area contributed by atoms with Gasteiger partial charge in [-0.2, -0.15) is 0 Å². The molecule has 1 N–H and O–H groups in total. The predicted molar refractivity (Wildman–Crippen MR) is 88.3 cm³/mol. The lowest BCUT2D eigenvalue weighted by Gasteiger charge is -2.25. The Labute approximate surface area is 131 Å². The van der Waals surface area contributed by atoms with E-state index in [-0.39, 0.29) is 0 Å². The van der Waals surface area contributed by atoms with Gasteiger partial charge in [-0.05, 0) is 50.4 Å². The summed E-state index contributed by atoms with van der Waals surface area (Å²) in [5.41, 5.74) is 1.25. The maximum Gasteiger partial charge on any atom is 0.124 e. The van der Waals surface area contributed by atoms with E-state index in [4.69, 9.17) is 4.74 Å². The van der Waals surface area contributed by atoms with Crippen LogP contribution in [0.25, 0.3) is 0 Å². The summed E-state index contributed by atoms with van der Waals surface area (Å²) in [5.74, 6) is 1.94. The number of halogens is 1. The largest absolute Gasteiger partial charge is 0.493 e. The van der Waals surface area contributed by atoms with Crippen LogP contribution in [0.5, 0.6) is 5.75 Å². The summed E-state index contributed by atoms with van der Waals surface area (Å²) < 4.78 is 7.15. The second-order valence-corrected chi connectivity index (χ2v) is 6.71. The lowest BCUT2D eigenvalue weighted by molar-refractivity contribution is 0.220. The number of rotatable bonds is 8. The molecular weight excluding hydrogens is 314 g/mol. The zero-order valence-corrected chi connectivity index (χ0v) is 14.2. The topological polar surface area (TPSA) is 21.3 Å². The van der Waals surface area contributed by atoms with Gasteiger partial charge in [-0.25, -0.2) is 0 Å². The lowest BCUT2D eigenvalue weighted by atomic mass is 9.83. The summed E-state index contributed by atoms with van der Waals surface area (Å²) >= 11 is 3.56. The minimum atomic E-state index is 0.325. The molecule has 1 fully saturated rings. The highest BCUT2D eigenvalue weighted by molar-refractivity contribution is 9.10. The lowest BCUT2D eigenvalue weighted by Crippen LogP contribution is -2.20. The highest BCUT2D eigenvalue weighted by Gasteiger charge is 2.18. The van der Waals surface area contributed by atoms with Gasteiger partial charge in [0.05, 0.1) is 6.61 Å². The van der Waals surface area contributed by atoms with E-state index in [0.717, 1.165) is 35.7 Å². The van der Waals surface area contributed by atoms with Crippen molar-refractivity contribution in [2.75, 3.05) is 13.2 Å². The SMILES string of the molecule is CCCNC(C)c1cc(Br)ccc1OCCC1CCC1. The summed E-state index contributed by atoms with van der Waals surface area (Å²) in [7, 11) is 0. The van der Waals surface area contributed by atoms with Gasteiger partial charge in [-0.15, -0.1) is 0 Å². The smallest absolute Gasteiger partial charge is 0.124 e. The Morgan fingerprint density at radius 3 is 2.85 bits per heavy atom. The zero-order chi connectivity index (χ0) is 14.4. The fourth-order valence-electron chi connectivity index (χ4n) is 2.58. The summed E-state index contributed by atoms with van der Waals surface area (Å²) in [6.45, 7) is 6.28. The second kappa shape index (κ2) is 8.04. The van der Waals surface area contributed by atoms with Crippen molar-refractivity contribution < 1.29 is 4.74 Å². The van der Waals surface area contributed by atoms with Crippen LogP contribution in [0.1, 0.15) is 57.6 Å². The van der Waals surface area contributed by atoms with Crippen molar-refractivity contribution in [1.82, 2.24) is 5.32 Å². The predicted octanol–water partition coefficient (Wildman–Crippen LogP) is 5.08. The van der Waals surface area contributed by atoms with Gasteiger partial charge in [0.1, 0.15) is 5.75 Å². The molecule has 0 aromatic heterocycles. The quantitative estimate of drug-likeness (QED) is 0.713. The molecule has 0 aliphatic heterocycles. The third kappa shape index (κ3) is 4.49. The van der Waals surface area contributed by atoms with E-state index in [0.29, 0.717) is 6.04 Å². The van der Waals surface area contributed by atoms with Gasteiger partial charge in [-0.1, -0.05) is 42.1 Å². The third-order valence-electron chi connectivity index (χ3n) is 4.15. The molecule has 1 saturated carbocycles. The van der Waals surface area contributed by atoms with Crippen molar-refractivity contribution in [3.63, 3.8) is 0 Å². The summed E-state index contributed by atoms with van der Waals surface area (Å²) in [6.07, 6.45) is 6.55. The molecule has 112 valence electrons. The normalized spacial score (nSPS) is 16.8. The van der Waals surface area contributed by atoms with Crippen LogP contribution in [-0.4, -0.2) is 13.2 Å². The van der Waals surface area contributed by atoms with Crippen LogP contribution in [0.3, 0.4) is 0 Å². The van der Waals surface area contributed by atoms with Gasteiger partial charge in [0.15, 0.2) is 0 Å². The highest BCUT2D eigenvalue weighted by atomic mass is 79.9. The van der Waals surface area contributed by atoms with Gasteiger partial charge >= 0.3 is 0 Å². The van der Waals surface area contributed by atoms with Crippen LogP contribution in [0.15, 0.2) is 22.7 Å². The third-order valence-corrected chi connectivity index (χ3v) is 4.64. The molecule has 2 nitrogen and oxygen atoms in total. The van der Waals surface area contributed by atoms with E-state index in [2.05, 4.69) is 53.3 Å². The van der Waals surface area contributed by atoms with E-state index in [1.807, 2.05) is 0 Å². The molecule has 0 bridgehead atoms. The van der Waals surface area contributed by atoms with Gasteiger partial charge in [0.25, 0.3) is 0 Å². The minimum Gasteiger partial charge on any atom is -0.493 e. The van der Waals surface area contributed by atoms with Crippen molar-refractivity contribution in [2.45, 2.75) is 52.0 Å². The monoisotopic (exact) mass is 339 g/mol. The fraction of sp³-hybridized carbons (Fsp3) is 0.647. The molecule has 1 unspecified atom stereocenters. The fourth-order valence-corrected chi connectivity index (χ4v) is 2.96. The highest BCUT2D eigenvalue weighted by Crippen LogP contribution is 2.31. The molecule has 1 aliphatic carbocycles. The molecule has 2 rings (SSSR count). The van der Waals surface area contributed by atoms with Crippen LogP contribution >= 0.6 is 15.9 Å². The Morgan fingerprint density at radius 2 is 2.20 bits per heavy atom. The van der Waals surface area contributed by atoms with Crippen molar-refractivity contribution in [3.05, 3.63) is 28.2 Å². The molecule has 0 radical (unpaired) electrons. The summed E-state index contributed by atoms with van der Waals surface area (Å²) in [6, 6.07) is 6.65. The Hall–Kier alpha value is -0.540. The van der Waals surface area contributed by atoms with Crippen LogP contribution in [0.2, 0.25) is 0 Å². The first-order chi connectivity index (χ1) is 9.70. The molecule has 1 aromatic rings. The van der Waals surface area contributed by atoms with E-state index < -0.39 is 0 Å². The van der Waals surface area contributed by atoms with E-state index in [1.165, 1.54) is 31.2 Å². The summed E-state index contributed by atoms with van der Waals surface area (Å²) in [5, 5.41) is 3.54. The van der Waals surface area contributed by atoms with Gasteiger partial charge in [-0.3, -0.25) is 0 Å². The van der Waals surface area contributed by atoms with Gasteiger partial charge in [0, 0.05) is 16.1 Å². The zero-order valence-electron chi connectivity index (χ0n) is 12.6. The Bertz CT molecular complexity index is 417. The molecule has 1 aliphatic rings. The molecule has 3 heteroatoms. The first-order valence-corrected chi connectivity index (χ1v) is 8.65. The van der Waals surface area contributed by atoms with E-state index in [1.54, 1.807) is 0 Å². The van der Waals surface area contributed by atoms with Crippen LogP contribution in [-0.2, 0) is 0 Å². The molecule has 0 saturated heterocycles. The molecule has 0 heterocycles. The van der Waals surface area contributed by atoms with Crippen molar-refractivity contribution in [2.24, 2.45) is 5.92 Å². The number of ether oxygens (including phenoxy) is 1. The Morgan fingerprint density at radius 1 is 1.40 bits per heavy atom. The van der Waals surface area contributed by atoms with Crippen molar-refractivity contribution >= 4 is 15.9 Å². The maximum atomic E-state index is 6.04. The first-order valence-electron chi connectivity index (χ1n) is 7.86. The number of hydrogen-bond acceptors (Lipinski definition) is 2. The van der Waals surface area contributed by atoms with Gasteiger partial charge < -0.3 is 10.1 Å². The maximum absolute atomic E-state index is 6.04. The molecule has 20 heavy (non-hydrogen) atoms. The first kappa shape index (κ1) is 15.8. The van der Waals surface area contributed by atoms with Crippen molar-refractivity contribution in [3.8, 4) is 5.75 Å². The van der Waals surface area contributed by atoms with Crippen molar-refractivity contribution in [1.29, 1.82) is 0 Å². The number of nitrogens with one attached hydrogen (secondary N) is 1. The van der Waals surface area contributed by atoms with Crippen LogP contribution in [0, 0.1) is 5.92 Å². The number of benzene rings is 1. The van der Waals surface area contributed by atoms with E-state index in [9.17, 15) is 0 Å².